The molecule has 1 aromatic carbocycles. The molecule has 0 N–H and O–H groups in total. The number of rotatable bonds is 3. The molecule has 0 saturated heterocycles. The Hall–Kier alpha value is -1.78. The fourth-order valence-corrected chi connectivity index (χ4v) is 1.68. The standard InChI is InChI=1S/C12H13F2N3/c1-8(2)17-7-15-16-11(17)6-9-4-3-5-10(13)12(9)14/h3-5,7-8H,6H2,1-2H3. The lowest BCUT2D eigenvalue weighted by Crippen LogP contribution is -2.07. The van der Waals surface area contributed by atoms with Gasteiger partial charge in [0.25, 0.3) is 0 Å². The Balaban J connectivity index is 2.32. The van der Waals surface area contributed by atoms with E-state index in [9.17, 15) is 8.78 Å². The zero-order valence-electron chi connectivity index (χ0n) is 9.69. The van der Waals surface area contributed by atoms with Crippen LogP contribution >= 0.6 is 0 Å². The summed E-state index contributed by atoms with van der Waals surface area (Å²) in [6, 6.07) is 4.34. The van der Waals surface area contributed by atoms with Crippen LogP contribution in [0.1, 0.15) is 31.3 Å². The molecule has 0 radical (unpaired) electrons. The van der Waals surface area contributed by atoms with Crippen molar-refractivity contribution in [1.82, 2.24) is 14.8 Å². The maximum atomic E-state index is 13.5. The summed E-state index contributed by atoms with van der Waals surface area (Å²) in [5, 5.41) is 7.72. The number of hydrogen-bond donors (Lipinski definition) is 0. The van der Waals surface area contributed by atoms with Crippen LogP contribution in [0.25, 0.3) is 0 Å². The zero-order valence-corrected chi connectivity index (χ0v) is 9.69. The highest BCUT2D eigenvalue weighted by Crippen LogP contribution is 2.16. The smallest absolute Gasteiger partial charge is 0.162 e. The van der Waals surface area contributed by atoms with Gasteiger partial charge in [0.1, 0.15) is 12.2 Å². The van der Waals surface area contributed by atoms with Crippen LogP contribution in [-0.2, 0) is 6.42 Å². The van der Waals surface area contributed by atoms with Crippen LogP contribution in [0.15, 0.2) is 24.5 Å². The van der Waals surface area contributed by atoms with E-state index in [4.69, 9.17) is 0 Å². The van der Waals surface area contributed by atoms with Crippen molar-refractivity contribution in [2.75, 3.05) is 0 Å². The quantitative estimate of drug-likeness (QED) is 0.821. The number of halogens is 2. The van der Waals surface area contributed by atoms with E-state index in [1.807, 2.05) is 18.4 Å². The highest BCUT2D eigenvalue weighted by Gasteiger charge is 2.13. The zero-order chi connectivity index (χ0) is 12.4. The van der Waals surface area contributed by atoms with Gasteiger partial charge in [0, 0.05) is 12.5 Å². The molecule has 0 atom stereocenters. The average Bonchev–Trinajstić information content (AvgIpc) is 2.73. The van der Waals surface area contributed by atoms with Crippen LogP contribution in [-0.4, -0.2) is 14.8 Å². The Morgan fingerprint density at radius 1 is 1.29 bits per heavy atom. The minimum atomic E-state index is -0.835. The number of aromatic nitrogens is 3. The predicted octanol–water partition coefficient (Wildman–Crippen LogP) is 2.73. The Labute approximate surface area is 98.1 Å². The Morgan fingerprint density at radius 3 is 2.76 bits per heavy atom. The maximum Gasteiger partial charge on any atom is 0.162 e. The summed E-state index contributed by atoms with van der Waals surface area (Å²) >= 11 is 0. The van der Waals surface area contributed by atoms with Crippen molar-refractivity contribution in [1.29, 1.82) is 0 Å². The van der Waals surface area contributed by atoms with Gasteiger partial charge < -0.3 is 4.57 Å². The number of benzene rings is 1. The summed E-state index contributed by atoms with van der Waals surface area (Å²) in [4.78, 5) is 0. The summed E-state index contributed by atoms with van der Waals surface area (Å²) in [5.41, 5.74) is 0.292. The van der Waals surface area contributed by atoms with Gasteiger partial charge in [-0.2, -0.15) is 0 Å². The molecule has 0 aliphatic heterocycles. The van der Waals surface area contributed by atoms with Crippen LogP contribution in [0, 0.1) is 11.6 Å². The minimum absolute atomic E-state index is 0.191. The van der Waals surface area contributed by atoms with Gasteiger partial charge in [-0.3, -0.25) is 0 Å². The first-order chi connectivity index (χ1) is 8.09. The lowest BCUT2D eigenvalue weighted by molar-refractivity contribution is 0.497. The SMILES string of the molecule is CC(C)n1cnnc1Cc1cccc(F)c1F. The van der Waals surface area contributed by atoms with Crippen LogP contribution in [0.3, 0.4) is 0 Å². The van der Waals surface area contributed by atoms with Gasteiger partial charge in [-0.25, -0.2) is 8.78 Å². The van der Waals surface area contributed by atoms with Crippen LogP contribution < -0.4 is 0 Å². The number of hydrogen-bond acceptors (Lipinski definition) is 2. The molecule has 3 nitrogen and oxygen atoms in total. The highest BCUT2D eigenvalue weighted by atomic mass is 19.2. The normalized spacial score (nSPS) is 11.1. The first-order valence-corrected chi connectivity index (χ1v) is 5.41. The molecular formula is C12H13F2N3. The van der Waals surface area contributed by atoms with E-state index >= 15 is 0 Å². The van der Waals surface area contributed by atoms with Gasteiger partial charge in [-0.15, -0.1) is 10.2 Å². The maximum absolute atomic E-state index is 13.5. The monoisotopic (exact) mass is 237 g/mol. The summed E-state index contributed by atoms with van der Waals surface area (Å²) in [6.07, 6.45) is 1.83. The second-order valence-corrected chi connectivity index (χ2v) is 4.14. The van der Waals surface area contributed by atoms with Crippen molar-refractivity contribution in [2.24, 2.45) is 0 Å². The van der Waals surface area contributed by atoms with Crippen molar-refractivity contribution in [3.8, 4) is 0 Å². The fourth-order valence-electron chi connectivity index (χ4n) is 1.68. The Bertz CT molecular complexity index is 520. The van der Waals surface area contributed by atoms with E-state index in [0.717, 1.165) is 6.07 Å². The molecule has 0 amide bonds. The third-order valence-corrected chi connectivity index (χ3v) is 2.58. The molecule has 0 spiro atoms. The van der Waals surface area contributed by atoms with E-state index < -0.39 is 11.6 Å². The van der Waals surface area contributed by atoms with Gasteiger partial charge in [0.05, 0.1) is 0 Å². The molecule has 0 saturated carbocycles. The Morgan fingerprint density at radius 2 is 2.06 bits per heavy atom. The lowest BCUT2D eigenvalue weighted by atomic mass is 10.1. The molecular weight excluding hydrogens is 224 g/mol. The molecule has 0 fully saturated rings. The van der Waals surface area contributed by atoms with Crippen molar-refractivity contribution >= 4 is 0 Å². The van der Waals surface area contributed by atoms with Gasteiger partial charge >= 0.3 is 0 Å². The minimum Gasteiger partial charge on any atom is -0.315 e. The summed E-state index contributed by atoms with van der Waals surface area (Å²) < 4.78 is 28.4. The van der Waals surface area contributed by atoms with Gasteiger partial charge in [0.2, 0.25) is 0 Å². The summed E-state index contributed by atoms with van der Waals surface area (Å²) in [5.74, 6) is -1.02. The highest BCUT2D eigenvalue weighted by molar-refractivity contribution is 5.22. The van der Waals surface area contributed by atoms with E-state index in [0.29, 0.717) is 11.4 Å². The van der Waals surface area contributed by atoms with E-state index in [1.54, 1.807) is 12.4 Å². The third-order valence-electron chi connectivity index (χ3n) is 2.58. The van der Waals surface area contributed by atoms with E-state index in [1.165, 1.54) is 6.07 Å². The van der Waals surface area contributed by atoms with E-state index in [-0.39, 0.29) is 12.5 Å². The topological polar surface area (TPSA) is 30.7 Å². The largest absolute Gasteiger partial charge is 0.315 e. The molecule has 90 valence electrons. The molecule has 0 aliphatic carbocycles. The fraction of sp³-hybridized carbons (Fsp3) is 0.333. The lowest BCUT2D eigenvalue weighted by Gasteiger charge is -2.10. The first-order valence-electron chi connectivity index (χ1n) is 5.41. The molecule has 5 heteroatoms. The third kappa shape index (κ3) is 2.33. The summed E-state index contributed by atoms with van der Waals surface area (Å²) in [7, 11) is 0. The van der Waals surface area contributed by atoms with Crippen LogP contribution in [0.4, 0.5) is 8.78 Å². The number of nitrogens with zero attached hydrogens (tertiary/aromatic N) is 3. The molecule has 2 rings (SSSR count). The van der Waals surface area contributed by atoms with Gasteiger partial charge in [-0.05, 0) is 25.5 Å². The average molecular weight is 237 g/mol. The predicted molar refractivity (Wildman–Crippen MR) is 59.6 cm³/mol. The second-order valence-electron chi connectivity index (χ2n) is 4.14. The summed E-state index contributed by atoms with van der Waals surface area (Å²) in [6.45, 7) is 3.96. The molecule has 2 aromatic rings. The second kappa shape index (κ2) is 4.61. The Kier molecular flexibility index (Phi) is 3.17. The van der Waals surface area contributed by atoms with Crippen molar-refractivity contribution < 1.29 is 8.78 Å². The molecule has 1 aromatic heterocycles. The van der Waals surface area contributed by atoms with Gasteiger partial charge in [-0.1, -0.05) is 12.1 Å². The van der Waals surface area contributed by atoms with Crippen molar-refractivity contribution in [3.05, 3.63) is 47.5 Å². The van der Waals surface area contributed by atoms with Crippen LogP contribution in [0.2, 0.25) is 0 Å². The first kappa shape index (κ1) is 11.7. The van der Waals surface area contributed by atoms with Gasteiger partial charge in [0.15, 0.2) is 11.6 Å². The van der Waals surface area contributed by atoms with Crippen molar-refractivity contribution in [2.45, 2.75) is 26.3 Å². The molecule has 0 unspecified atom stereocenters. The van der Waals surface area contributed by atoms with E-state index in [2.05, 4.69) is 10.2 Å². The van der Waals surface area contributed by atoms with Crippen molar-refractivity contribution in [3.63, 3.8) is 0 Å². The molecule has 17 heavy (non-hydrogen) atoms. The molecule has 0 bridgehead atoms. The molecule has 1 heterocycles. The van der Waals surface area contributed by atoms with Crippen LogP contribution in [0.5, 0.6) is 0 Å². The molecule has 0 aliphatic rings.